The standard InChI is InChI=1S/C30H24ClF3N2O4S/c1-39-24-9-6-10-25(40-2)26(24)28(37)35-20-12-14-21(15-13-20)41-27(18-7-4-3-5-8-18)29(38)36-23-16-11-19(31)17-22(23)30(32,33)34/h3-17,27H,1-2H3,(H,35,37)(H,36,38). The van der Waals surface area contributed by atoms with Crippen LogP contribution < -0.4 is 20.1 Å². The Morgan fingerprint density at radius 3 is 2.05 bits per heavy atom. The first-order valence-electron chi connectivity index (χ1n) is 12.1. The molecule has 0 aliphatic rings. The van der Waals surface area contributed by atoms with Gasteiger partial charge in [0, 0.05) is 15.6 Å². The van der Waals surface area contributed by atoms with Gasteiger partial charge in [-0.05, 0) is 60.2 Å². The van der Waals surface area contributed by atoms with Gasteiger partial charge < -0.3 is 20.1 Å². The number of alkyl halides is 3. The molecule has 11 heteroatoms. The van der Waals surface area contributed by atoms with Gasteiger partial charge >= 0.3 is 6.18 Å². The summed E-state index contributed by atoms with van der Waals surface area (Å²) in [5.41, 5.74) is -0.125. The lowest BCUT2D eigenvalue weighted by Crippen LogP contribution is -2.21. The maximum Gasteiger partial charge on any atom is 0.418 e. The number of amides is 2. The molecule has 6 nitrogen and oxygen atoms in total. The van der Waals surface area contributed by atoms with E-state index in [0.717, 1.165) is 23.9 Å². The molecule has 4 aromatic rings. The molecule has 0 heterocycles. The van der Waals surface area contributed by atoms with Crippen LogP contribution in [0.2, 0.25) is 5.02 Å². The van der Waals surface area contributed by atoms with E-state index < -0.39 is 34.5 Å². The third-order valence-corrected chi connectivity index (χ3v) is 7.41. The lowest BCUT2D eigenvalue weighted by molar-refractivity contribution is -0.137. The second-order valence-electron chi connectivity index (χ2n) is 8.60. The lowest BCUT2D eigenvalue weighted by atomic mass is 10.1. The molecule has 1 atom stereocenters. The van der Waals surface area contributed by atoms with Gasteiger partial charge in [-0.15, -0.1) is 11.8 Å². The molecule has 4 aromatic carbocycles. The number of carbonyl (C=O) groups is 2. The Kier molecular flexibility index (Phi) is 9.46. The number of nitrogens with one attached hydrogen (secondary N) is 2. The molecule has 41 heavy (non-hydrogen) atoms. The highest BCUT2D eigenvalue weighted by Crippen LogP contribution is 2.40. The van der Waals surface area contributed by atoms with Crippen LogP contribution in [0, 0.1) is 0 Å². The summed E-state index contributed by atoms with van der Waals surface area (Å²) in [5, 5.41) is 4.24. The van der Waals surface area contributed by atoms with Crippen molar-refractivity contribution in [1.29, 1.82) is 0 Å². The van der Waals surface area contributed by atoms with Gasteiger partial charge in [-0.1, -0.05) is 48.0 Å². The van der Waals surface area contributed by atoms with Crippen LogP contribution >= 0.6 is 23.4 Å². The Bertz CT molecular complexity index is 1510. The van der Waals surface area contributed by atoms with Gasteiger partial charge in [-0.25, -0.2) is 0 Å². The summed E-state index contributed by atoms with van der Waals surface area (Å²) < 4.78 is 51.4. The Morgan fingerprint density at radius 2 is 1.46 bits per heavy atom. The molecule has 2 N–H and O–H groups in total. The van der Waals surface area contributed by atoms with Crippen LogP contribution in [0.1, 0.15) is 26.7 Å². The number of methoxy groups -OCH3 is 2. The van der Waals surface area contributed by atoms with Gasteiger partial charge in [0.05, 0.1) is 25.5 Å². The van der Waals surface area contributed by atoms with Crippen molar-refractivity contribution in [1.82, 2.24) is 0 Å². The number of ether oxygens (including phenoxy) is 2. The van der Waals surface area contributed by atoms with Crippen molar-refractivity contribution in [3.8, 4) is 11.5 Å². The number of benzene rings is 4. The zero-order valence-electron chi connectivity index (χ0n) is 21.8. The minimum Gasteiger partial charge on any atom is -0.496 e. The predicted octanol–water partition coefficient (Wildman–Crippen LogP) is 8.10. The van der Waals surface area contributed by atoms with E-state index in [1.165, 1.54) is 20.3 Å². The molecule has 0 spiro atoms. The summed E-state index contributed by atoms with van der Waals surface area (Å²) in [6, 6.07) is 23.6. The van der Waals surface area contributed by atoms with Crippen molar-refractivity contribution in [3.63, 3.8) is 0 Å². The highest BCUT2D eigenvalue weighted by Gasteiger charge is 2.35. The fourth-order valence-electron chi connectivity index (χ4n) is 3.98. The first-order valence-corrected chi connectivity index (χ1v) is 13.4. The van der Waals surface area contributed by atoms with E-state index in [4.69, 9.17) is 21.1 Å². The van der Waals surface area contributed by atoms with Gasteiger partial charge in [-0.3, -0.25) is 9.59 Å². The normalized spacial score (nSPS) is 11.9. The third kappa shape index (κ3) is 7.33. The van der Waals surface area contributed by atoms with E-state index >= 15 is 0 Å². The molecule has 1 unspecified atom stereocenters. The smallest absolute Gasteiger partial charge is 0.418 e. The van der Waals surface area contributed by atoms with Crippen LogP contribution in [0.25, 0.3) is 0 Å². The molecule has 4 rings (SSSR count). The largest absolute Gasteiger partial charge is 0.496 e. The van der Waals surface area contributed by atoms with Gasteiger partial charge in [-0.2, -0.15) is 13.2 Å². The maximum atomic E-state index is 13.6. The van der Waals surface area contributed by atoms with E-state index in [2.05, 4.69) is 10.6 Å². The molecule has 0 radical (unpaired) electrons. The Hall–Kier alpha value is -4.15. The fourth-order valence-corrected chi connectivity index (χ4v) is 5.18. The van der Waals surface area contributed by atoms with Crippen molar-refractivity contribution in [2.24, 2.45) is 0 Å². The van der Waals surface area contributed by atoms with Crippen molar-refractivity contribution in [2.45, 2.75) is 16.3 Å². The van der Waals surface area contributed by atoms with Crippen LogP contribution in [0.15, 0.2) is 95.9 Å². The molecular weight excluding hydrogens is 577 g/mol. The minimum atomic E-state index is -4.71. The number of thioether (sulfide) groups is 1. The van der Waals surface area contributed by atoms with Gasteiger partial charge in [0.2, 0.25) is 5.91 Å². The van der Waals surface area contributed by atoms with E-state index in [1.807, 2.05) is 0 Å². The number of halogens is 4. The summed E-state index contributed by atoms with van der Waals surface area (Å²) in [4.78, 5) is 27.0. The second-order valence-corrected chi connectivity index (χ2v) is 10.2. The minimum absolute atomic E-state index is 0.0966. The summed E-state index contributed by atoms with van der Waals surface area (Å²) in [6.07, 6.45) is -4.71. The molecule has 0 fully saturated rings. The number of anilines is 2. The molecule has 0 aliphatic carbocycles. The third-order valence-electron chi connectivity index (χ3n) is 5.91. The van der Waals surface area contributed by atoms with Gasteiger partial charge in [0.15, 0.2) is 0 Å². The van der Waals surface area contributed by atoms with Crippen molar-refractivity contribution < 1.29 is 32.2 Å². The molecule has 212 valence electrons. The van der Waals surface area contributed by atoms with Crippen LogP contribution in [0.5, 0.6) is 11.5 Å². The number of rotatable bonds is 9. The van der Waals surface area contributed by atoms with Crippen LogP contribution in [-0.2, 0) is 11.0 Å². The molecule has 2 amide bonds. The van der Waals surface area contributed by atoms with E-state index in [1.54, 1.807) is 72.8 Å². The molecule has 0 aliphatic heterocycles. The SMILES string of the molecule is COc1cccc(OC)c1C(=O)Nc1ccc(SC(C(=O)Nc2ccc(Cl)cc2C(F)(F)F)c2ccccc2)cc1. The van der Waals surface area contributed by atoms with Crippen molar-refractivity contribution in [3.05, 3.63) is 113 Å². The summed E-state index contributed by atoms with van der Waals surface area (Å²) in [7, 11) is 2.90. The number of carbonyl (C=O) groups excluding carboxylic acids is 2. The number of hydrogen-bond acceptors (Lipinski definition) is 5. The van der Waals surface area contributed by atoms with E-state index in [0.29, 0.717) is 27.6 Å². The van der Waals surface area contributed by atoms with Gasteiger partial charge in [0.25, 0.3) is 5.91 Å². The Morgan fingerprint density at radius 1 is 0.829 bits per heavy atom. The van der Waals surface area contributed by atoms with Crippen molar-refractivity contribution >= 4 is 46.6 Å². The van der Waals surface area contributed by atoms with Crippen LogP contribution in [0.4, 0.5) is 24.5 Å². The first-order chi connectivity index (χ1) is 19.6. The Labute approximate surface area is 243 Å². The highest BCUT2D eigenvalue weighted by molar-refractivity contribution is 8.00. The monoisotopic (exact) mass is 600 g/mol. The highest BCUT2D eigenvalue weighted by atomic mass is 35.5. The zero-order chi connectivity index (χ0) is 29.6. The summed E-state index contributed by atoms with van der Waals surface area (Å²) >= 11 is 6.93. The van der Waals surface area contributed by atoms with Crippen molar-refractivity contribution in [2.75, 3.05) is 24.9 Å². The number of hydrogen-bond donors (Lipinski definition) is 2. The summed E-state index contributed by atoms with van der Waals surface area (Å²) in [5.74, 6) is -0.389. The zero-order valence-corrected chi connectivity index (χ0v) is 23.4. The maximum absolute atomic E-state index is 13.6. The van der Waals surface area contributed by atoms with Crippen LogP contribution in [0.3, 0.4) is 0 Å². The average Bonchev–Trinajstić information content (AvgIpc) is 2.96. The van der Waals surface area contributed by atoms with Gasteiger partial charge in [0.1, 0.15) is 22.3 Å². The predicted molar refractivity (Wildman–Crippen MR) is 154 cm³/mol. The molecule has 0 aromatic heterocycles. The summed E-state index contributed by atoms with van der Waals surface area (Å²) in [6.45, 7) is 0. The van der Waals surface area contributed by atoms with E-state index in [-0.39, 0.29) is 10.6 Å². The van der Waals surface area contributed by atoms with Crippen LogP contribution in [-0.4, -0.2) is 26.0 Å². The first kappa shape index (κ1) is 29.8. The Balaban J connectivity index is 1.55. The molecular formula is C30H24ClF3N2O4S. The van der Waals surface area contributed by atoms with E-state index in [9.17, 15) is 22.8 Å². The fraction of sp³-hybridized carbons (Fsp3) is 0.133. The average molecular weight is 601 g/mol. The topological polar surface area (TPSA) is 76.7 Å². The lowest BCUT2D eigenvalue weighted by Gasteiger charge is -2.20. The second kappa shape index (κ2) is 13.0. The molecule has 0 saturated heterocycles. The molecule has 0 bridgehead atoms. The molecule has 0 saturated carbocycles. The quantitative estimate of drug-likeness (QED) is 0.190.